The largest absolute Gasteiger partial charge is 0.395 e. The minimum atomic E-state index is -0.914. The first-order valence-electron chi connectivity index (χ1n) is 6.02. The first-order valence-corrected chi connectivity index (χ1v) is 6.02. The average Bonchev–Trinajstić information content (AvgIpc) is 2.39. The molecule has 0 atom stereocenters. The maximum Gasteiger partial charge on any atom is 0.223 e. The van der Waals surface area contributed by atoms with E-state index in [1.54, 1.807) is 6.08 Å². The van der Waals surface area contributed by atoms with Crippen LogP contribution in [0.4, 0.5) is 8.78 Å². The van der Waals surface area contributed by atoms with Crippen molar-refractivity contribution in [2.75, 3.05) is 19.7 Å². The smallest absolute Gasteiger partial charge is 0.223 e. The van der Waals surface area contributed by atoms with Crippen LogP contribution < -0.4 is 0 Å². The van der Waals surface area contributed by atoms with E-state index in [2.05, 4.69) is 6.58 Å². The fourth-order valence-electron chi connectivity index (χ4n) is 1.70. The van der Waals surface area contributed by atoms with Gasteiger partial charge in [0.1, 0.15) is 0 Å². The third-order valence-corrected chi connectivity index (χ3v) is 2.68. The lowest BCUT2D eigenvalue weighted by Gasteiger charge is -2.19. The molecule has 5 heteroatoms. The lowest BCUT2D eigenvalue weighted by atomic mass is 10.1. The Morgan fingerprint density at radius 3 is 2.68 bits per heavy atom. The number of amides is 1. The van der Waals surface area contributed by atoms with E-state index in [0.29, 0.717) is 18.5 Å². The van der Waals surface area contributed by atoms with E-state index in [9.17, 15) is 13.6 Å². The van der Waals surface area contributed by atoms with E-state index in [0.717, 1.165) is 12.1 Å². The van der Waals surface area contributed by atoms with Gasteiger partial charge in [0.25, 0.3) is 0 Å². The Balaban J connectivity index is 2.56. The van der Waals surface area contributed by atoms with Crippen molar-refractivity contribution in [2.24, 2.45) is 0 Å². The zero-order chi connectivity index (χ0) is 14.3. The highest BCUT2D eigenvalue weighted by atomic mass is 19.2. The van der Waals surface area contributed by atoms with Crippen LogP contribution in [0, 0.1) is 11.6 Å². The third kappa shape index (κ3) is 4.79. The summed E-state index contributed by atoms with van der Waals surface area (Å²) in [6, 6.07) is 3.59. The van der Waals surface area contributed by atoms with Crippen LogP contribution in [-0.2, 0) is 11.2 Å². The molecule has 0 bridgehead atoms. The van der Waals surface area contributed by atoms with Crippen molar-refractivity contribution in [3.05, 3.63) is 48.1 Å². The number of carbonyl (C=O) groups is 1. The topological polar surface area (TPSA) is 40.5 Å². The molecule has 0 aliphatic heterocycles. The fraction of sp³-hybridized carbons (Fsp3) is 0.357. The summed E-state index contributed by atoms with van der Waals surface area (Å²) in [5.41, 5.74) is 0.565. The lowest BCUT2D eigenvalue weighted by molar-refractivity contribution is -0.131. The molecule has 1 aromatic rings. The average molecular weight is 269 g/mol. The van der Waals surface area contributed by atoms with Crippen molar-refractivity contribution < 1.29 is 18.7 Å². The standard InChI is InChI=1S/C14H17F2NO2/c1-2-7-17(8-9-18)14(19)6-4-11-3-5-12(15)13(16)10-11/h2-3,5,10,18H,1,4,6-9H2. The van der Waals surface area contributed by atoms with Gasteiger partial charge in [-0.25, -0.2) is 8.78 Å². The van der Waals surface area contributed by atoms with Crippen LogP contribution >= 0.6 is 0 Å². The molecule has 0 unspecified atom stereocenters. The second-order valence-electron chi connectivity index (χ2n) is 4.10. The molecule has 0 heterocycles. The van der Waals surface area contributed by atoms with Gasteiger partial charge in [-0.2, -0.15) is 0 Å². The monoisotopic (exact) mass is 269 g/mol. The van der Waals surface area contributed by atoms with Crippen molar-refractivity contribution in [1.82, 2.24) is 4.90 Å². The molecule has 19 heavy (non-hydrogen) atoms. The van der Waals surface area contributed by atoms with Gasteiger partial charge in [0.15, 0.2) is 11.6 Å². The number of hydrogen-bond donors (Lipinski definition) is 1. The highest BCUT2D eigenvalue weighted by Crippen LogP contribution is 2.11. The lowest BCUT2D eigenvalue weighted by Crippen LogP contribution is -2.33. The van der Waals surface area contributed by atoms with Crippen molar-refractivity contribution in [2.45, 2.75) is 12.8 Å². The summed E-state index contributed by atoms with van der Waals surface area (Å²) in [7, 11) is 0. The number of aryl methyl sites for hydroxylation is 1. The van der Waals surface area contributed by atoms with Crippen LogP contribution in [0.1, 0.15) is 12.0 Å². The Bertz CT molecular complexity index is 449. The molecule has 104 valence electrons. The van der Waals surface area contributed by atoms with Gasteiger partial charge >= 0.3 is 0 Å². The van der Waals surface area contributed by atoms with Crippen molar-refractivity contribution in [3.8, 4) is 0 Å². The molecule has 0 aromatic heterocycles. The number of nitrogens with zero attached hydrogens (tertiary/aromatic N) is 1. The summed E-state index contributed by atoms with van der Waals surface area (Å²) in [4.78, 5) is 13.3. The summed E-state index contributed by atoms with van der Waals surface area (Å²) in [5, 5.41) is 8.84. The Hall–Kier alpha value is -1.75. The van der Waals surface area contributed by atoms with Gasteiger partial charge < -0.3 is 10.0 Å². The molecule has 0 aliphatic rings. The number of carbonyl (C=O) groups excluding carboxylic acids is 1. The third-order valence-electron chi connectivity index (χ3n) is 2.68. The van der Waals surface area contributed by atoms with Crippen molar-refractivity contribution in [3.63, 3.8) is 0 Å². The molecular formula is C14H17F2NO2. The summed E-state index contributed by atoms with van der Waals surface area (Å²) in [5.74, 6) is -1.97. The Kier molecular flexibility index (Phi) is 6.15. The molecule has 0 fully saturated rings. The molecule has 1 rings (SSSR count). The Morgan fingerprint density at radius 2 is 2.11 bits per heavy atom. The van der Waals surface area contributed by atoms with Crippen LogP contribution in [0.15, 0.2) is 30.9 Å². The van der Waals surface area contributed by atoms with Crippen LogP contribution in [-0.4, -0.2) is 35.6 Å². The van der Waals surface area contributed by atoms with E-state index in [4.69, 9.17) is 5.11 Å². The number of aliphatic hydroxyl groups excluding tert-OH is 1. The molecule has 0 saturated carbocycles. The van der Waals surface area contributed by atoms with Crippen LogP contribution in [0.2, 0.25) is 0 Å². The van der Waals surface area contributed by atoms with Crippen LogP contribution in [0.5, 0.6) is 0 Å². The summed E-state index contributed by atoms with van der Waals surface area (Å²) < 4.78 is 25.7. The molecule has 1 aromatic carbocycles. The van der Waals surface area contributed by atoms with Gasteiger partial charge in [0, 0.05) is 19.5 Å². The summed E-state index contributed by atoms with van der Waals surface area (Å²) >= 11 is 0. The molecule has 1 amide bonds. The van der Waals surface area contributed by atoms with Gasteiger partial charge in [-0.15, -0.1) is 6.58 Å². The summed E-state index contributed by atoms with van der Waals surface area (Å²) in [6.07, 6.45) is 2.08. The number of halogens is 2. The van der Waals surface area contributed by atoms with E-state index in [-0.39, 0.29) is 25.5 Å². The minimum absolute atomic E-state index is 0.120. The van der Waals surface area contributed by atoms with Gasteiger partial charge in [-0.05, 0) is 24.1 Å². The van der Waals surface area contributed by atoms with Gasteiger partial charge in [-0.3, -0.25) is 4.79 Å². The minimum Gasteiger partial charge on any atom is -0.395 e. The van der Waals surface area contributed by atoms with E-state index >= 15 is 0 Å². The molecule has 1 N–H and O–H groups in total. The quantitative estimate of drug-likeness (QED) is 0.768. The molecular weight excluding hydrogens is 252 g/mol. The van der Waals surface area contributed by atoms with Crippen molar-refractivity contribution in [1.29, 1.82) is 0 Å². The highest BCUT2D eigenvalue weighted by molar-refractivity contribution is 5.76. The fourth-order valence-corrected chi connectivity index (χ4v) is 1.70. The first kappa shape index (κ1) is 15.3. The maximum atomic E-state index is 13.0. The summed E-state index contributed by atoms with van der Waals surface area (Å²) in [6.45, 7) is 4.01. The van der Waals surface area contributed by atoms with Crippen LogP contribution in [0.3, 0.4) is 0 Å². The normalized spacial score (nSPS) is 10.3. The van der Waals surface area contributed by atoms with E-state index in [1.165, 1.54) is 11.0 Å². The Labute approximate surface area is 111 Å². The highest BCUT2D eigenvalue weighted by Gasteiger charge is 2.12. The predicted octanol–water partition coefficient (Wildman–Crippen LogP) is 1.90. The van der Waals surface area contributed by atoms with E-state index in [1.807, 2.05) is 0 Å². The zero-order valence-electron chi connectivity index (χ0n) is 10.6. The molecule has 3 nitrogen and oxygen atoms in total. The number of benzene rings is 1. The molecule has 0 radical (unpaired) electrons. The zero-order valence-corrected chi connectivity index (χ0v) is 10.6. The number of hydrogen-bond acceptors (Lipinski definition) is 2. The van der Waals surface area contributed by atoms with Crippen molar-refractivity contribution >= 4 is 5.91 Å². The SMILES string of the molecule is C=CCN(CCO)C(=O)CCc1ccc(F)c(F)c1. The van der Waals surface area contributed by atoms with Gasteiger partial charge in [0.05, 0.1) is 6.61 Å². The molecule has 0 spiro atoms. The maximum absolute atomic E-state index is 13.0. The second-order valence-corrected chi connectivity index (χ2v) is 4.10. The Morgan fingerprint density at radius 1 is 1.37 bits per heavy atom. The van der Waals surface area contributed by atoms with Crippen LogP contribution in [0.25, 0.3) is 0 Å². The van der Waals surface area contributed by atoms with E-state index < -0.39 is 11.6 Å². The predicted molar refractivity (Wildman–Crippen MR) is 68.5 cm³/mol. The second kappa shape index (κ2) is 7.63. The van der Waals surface area contributed by atoms with Gasteiger partial charge in [-0.1, -0.05) is 12.1 Å². The first-order chi connectivity index (χ1) is 9.08. The number of aliphatic hydroxyl groups is 1. The van der Waals surface area contributed by atoms with Gasteiger partial charge in [0.2, 0.25) is 5.91 Å². The molecule has 0 aliphatic carbocycles. The molecule has 0 saturated heterocycles. The number of rotatable bonds is 7.